The number of aliphatic imine (C=N–C) groups is 1. The number of aliphatic hydroxyl groups excluding tert-OH is 4. The summed E-state index contributed by atoms with van der Waals surface area (Å²) in [6, 6.07) is 9.24. The number of hydrogen-bond donors (Lipinski definition) is 5. The lowest BCUT2D eigenvalue weighted by Gasteiger charge is -2.38. The van der Waals surface area contributed by atoms with Gasteiger partial charge in [0.05, 0.1) is 79.9 Å². The number of anilines is 1. The first kappa shape index (κ1) is 58.5. The Morgan fingerprint density at radius 3 is 2.12 bits per heavy atom. The number of ketones is 1. The number of oxime groups is 1. The van der Waals surface area contributed by atoms with Gasteiger partial charge in [0.15, 0.2) is 41.1 Å². The van der Waals surface area contributed by atoms with Gasteiger partial charge in [-0.2, -0.15) is 0 Å². The third-order valence-corrected chi connectivity index (χ3v) is 13.9. The van der Waals surface area contributed by atoms with E-state index >= 15 is 0 Å². The molecule has 24 heteroatoms. The standard InChI is InChI=1S/C56H67N5O19/c1-30(2)58-78-18-17-74-14-10-11-41(62)37-21-33(12-13-42(37)79-55-49(65)47(63)48(64)50(80-55)54(69)70)29-77-56(71)61-39-25-46(44(73-6)23-36(39)52(67)60-28-32(4)20-40(60)53(61)68)76-16-9-7-8-15-75-45-24-38-35(22-43(45)72-5)51(66)59-27-31(3)19-34(59)26-57-38/h12-13,21-26,34,40,47-50,53,55,63-65,68H,3-4,7-11,14-20,27-29H2,1-2,5-6H3,(H,69,70)/t34-,40-,47-,48-,49+,50-,53?,55+/m0/s1. The van der Waals surface area contributed by atoms with Gasteiger partial charge in [-0.15, -0.1) is 0 Å². The van der Waals surface area contributed by atoms with Crippen LogP contribution >= 0.6 is 0 Å². The first-order chi connectivity index (χ1) is 38.4. The van der Waals surface area contributed by atoms with Gasteiger partial charge in [-0.25, -0.2) is 14.5 Å². The van der Waals surface area contributed by atoms with Crippen LogP contribution in [-0.4, -0.2) is 186 Å². The van der Waals surface area contributed by atoms with Crippen LogP contribution in [0.2, 0.25) is 0 Å². The lowest BCUT2D eigenvalue weighted by Crippen LogP contribution is -2.61. The summed E-state index contributed by atoms with van der Waals surface area (Å²) in [6.45, 7) is 12.7. The molecule has 0 aromatic heterocycles. The van der Waals surface area contributed by atoms with Gasteiger partial charge < -0.3 is 78.1 Å². The van der Waals surface area contributed by atoms with E-state index in [-0.39, 0.29) is 104 Å². The maximum Gasteiger partial charge on any atom is 0.416 e. The van der Waals surface area contributed by atoms with Gasteiger partial charge in [0, 0.05) is 44.5 Å². The van der Waals surface area contributed by atoms with E-state index in [0.29, 0.717) is 67.2 Å². The second-order valence-corrected chi connectivity index (χ2v) is 20.0. The van der Waals surface area contributed by atoms with Gasteiger partial charge in [-0.05, 0) is 82.2 Å². The lowest BCUT2D eigenvalue weighted by molar-refractivity contribution is -0.271. The molecule has 3 fully saturated rings. The van der Waals surface area contributed by atoms with E-state index < -0.39 is 73.3 Å². The molecule has 8 rings (SSSR count). The van der Waals surface area contributed by atoms with Crippen LogP contribution in [0, 0.1) is 0 Å². The molecular formula is C56H67N5O19. The number of fused-ring (bicyclic) bond motifs is 4. The Morgan fingerprint density at radius 2 is 1.43 bits per heavy atom. The summed E-state index contributed by atoms with van der Waals surface area (Å²) in [6.07, 6.45) is -7.89. The van der Waals surface area contributed by atoms with E-state index in [9.17, 15) is 49.5 Å². The summed E-state index contributed by atoms with van der Waals surface area (Å²) in [4.78, 5) is 81.7. The van der Waals surface area contributed by atoms with E-state index in [1.165, 1.54) is 49.5 Å². The number of aliphatic hydroxyl groups is 4. The number of ether oxygens (including phenoxy) is 8. The van der Waals surface area contributed by atoms with Gasteiger partial charge in [-0.1, -0.05) is 35.5 Å². The van der Waals surface area contributed by atoms with E-state index in [1.54, 1.807) is 37.1 Å². The summed E-state index contributed by atoms with van der Waals surface area (Å²) in [7, 11) is 2.91. The fourth-order valence-corrected chi connectivity index (χ4v) is 9.85. The Balaban J connectivity index is 0.950. The monoisotopic (exact) mass is 1110 g/mol. The molecule has 3 aromatic rings. The van der Waals surface area contributed by atoms with Crippen molar-refractivity contribution in [3.8, 4) is 28.7 Å². The molecule has 5 aliphatic rings. The molecule has 0 saturated carbocycles. The zero-order valence-electron chi connectivity index (χ0n) is 44.9. The molecule has 0 radical (unpaired) electrons. The smallest absolute Gasteiger partial charge is 0.416 e. The highest BCUT2D eigenvalue weighted by atomic mass is 16.7. The van der Waals surface area contributed by atoms with Crippen LogP contribution in [0.15, 0.2) is 76.9 Å². The number of carboxylic acid groups (broad SMARTS) is 1. The predicted molar refractivity (Wildman–Crippen MR) is 285 cm³/mol. The Bertz CT molecular complexity index is 2910. The minimum absolute atomic E-state index is 0.0134. The number of aliphatic carboxylic acids is 1. The molecule has 0 aliphatic carbocycles. The van der Waals surface area contributed by atoms with E-state index in [0.717, 1.165) is 16.2 Å². The molecule has 0 bridgehead atoms. The second-order valence-electron chi connectivity index (χ2n) is 20.0. The van der Waals surface area contributed by atoms with E-state index in [2.05, 4.69) is 23.3 Å². The zero-order chi connectivity index (χ0) is 57.4. The molecule has 1 unspecified atom stereocenters. The van der Waals surface area contributed by atoms with Crippen LogP contribution < -0.4 is 28.6 Å². The number of amides is 3. The number of methoxy groups -OCH3 is 2. The van der Waals surface area contributed by atoms with Crippen molar-refractivity contribution < 1.29 is 92.2 Å². The predicted octanol–water partition coefficient (Wildman–Crippen LogP) is 4.73. The molecule has 8 atom stereocenters. The fraction of sp³-hybridized carbons (Fsp3) is 0.482. The number of unbranched alkanes of at least 4 members (excludes halogenated alkanes) is 2. The molecule has 5 aliphatic heterocycles. The number of carbonyl (C=O) groups excluding carboxylic acids is 4. The zero-order valence-corrected chi connectivity index (χ0v) is 44.9. The van der Waals surface area contributed by atoms with Gasteiger partial charge in [0.25, 0.3) is 11.8 Å². The highest BCUT2D eigenvalue weighted by molar-refractivity contribution is 6.06. The van der Waals surface area contributed by atoms with Gasteiger partial charge in [-0.3, -0.25) is 19.4 Å². The molecule has 80 heavy (non-hydrogen) atoms. The van der Waals surface area contributed by atoms with Crippen molar-refractivity contribution in [2.45, 2.75) is 114 Å². The van der Waals surface area contributed by atoms with Crippen molar-refractivity contribution in [1.29, 1.82) is 0 Å². The summed E-state index contributed by atoms with van der Waals surface area (Å²) < 4.78 is 46.2. The second kappa shape index (κ2) is 26.1. The average molecular weight is 1110 g/mol. The van der Waals surface area contributed by atoms with Crippen LogP contribution in [0.4, 0.5) is 16.2 Å². The SMILES string of the molecule is C=C1C[C@H]2C=Nc3cc(OCCCCCOc4cc5c(cc4OC)C(=O)N4CC(=C)C[C@H]4C(O)N5C(=O)OCc4ccc(O[C@@H]5O[C@H](C(=O)O)[C@@H](O)[C@H](O)[C@H]5O)c(C(=O)CCCOCCON=C(C)C)c4)c(OC)cc3C(=O)N2C1. The maximum atomic E-state index is 14.4. The molecule has 0 spiro atoms. The Morgan fingerprint density at radius 1 is 0.750 bits per heavy atom. The largest absolute Gasteiger partial charge is 0.493 e. The van der Waals surface area contributed by atoms with Crippen molar-refractivity contribution in [2.75, 3.05) is 65.2 Å². The van der Waals surface area contributed by atoms with Crippen molar-refractivity contribution in [1.82, 2.24) is 9.80 Å². The molecule has 3 saturated heterocycles. The molecular weight excluding hydrogens is 1050 g/mol. The number of nitrogens with zero attached hydrogens (tertiary/aromatic N) is 5. The summed E-state index contributed by atoms with van der Waals surface area (Å²) in [5.74, 6) is -1.78. The van der Waals surface area contributed by atoms with Gasteiger partial charge in [0.1, 0.15) is 37.3 Å². The van der Waals surface area contributed by atoms with Crippen LogP contribution in [-0.2, 0) is 30.4 Å². The third kappa shape index (κ3) is 13.2. The van der Waals surface area contributed by atoms with Crippen molar-refractivity contribution >= 4 is 53.0 Å². The molecule has 5 heterocycles. The highest BCUT2D eigenvalue weighted by Gasteiger charge is 2.49. The van der Waals surface area contributed by atoms with Crippen molar-refractivity contribution in [3.05, 3.63) is 89.0 Å². The van der Waals surface area contributed by atoms with Crippen molar-refractivity contribution in [2.24, 2.45) is 10.1 Å². The lowest BCUT2D eigenvalue weighted by atomic mass is 9.98. The Kier molecular flexibility index (Phi) is 19.1. The minimum Gasteiger partial charge on any atom is -0.493 e. The first-order valence-corrected chi connectivity index (χ1v) is 26.2. The molecule has 5 N–H and O–H groups in total. The van der Waals surface area contributed by atoms with E-state index in [4.69, 9.17) is 42.7 Å². The molecule has 3 amide bonds. The van der Waals surface area contributed by atoms with Gasteiger partial charge in [0.2, 0.25) is 6.29 Å². The van der Waals surface area contributed by atoms with Crippen molar-refractivity contribution in [3.63, 3.8) is 0 Å². The van der Waals surface area contributed by atoms with Crippen LogP contribution in [0.3, 0.4) is 0 Å². The highest BCUT2D eigenvalue weighted by Crippen LogP contribution is 2.43. The fourth-order valence-electron chi connectivity index (χ4n) is 9.85. The number of hydrogen-bond acceptors (Lipinski definition) is 20. The van der Waals surface area contributed by atoms with E-state index in [1.807, 2.05) is 0 Å². The Labute approximate surface area is 461 Å². The summed E-state index contributed by atoms with van der Waals surface area (Å²) in [5.41, 5.74) is 3.39. The number of carboxylic acids is 1. The van der Waals surface area contributed by atoms with Crippen LogP contribution in [0.25, 0.3) is 0 Å². The number of Topliss-reactive ketones (excluding diaryl/α,β-unsaturated/α-hetero) is 1. The topological polar surface area (TPSA) is 304 Å². The average Bonchev–Trinajstić information content (AvgIpc) is 3.98. The number of carbonyl (C=O) groups is 5. The molecule has 3 aromatic carbocycles. The van der Waals surface area contributed by atoms with Gasteiger partial charge >= 0.3 is 12.1 Å². The molecule has 24 nitrogen and oxygen atoms in total. The third-order valence-electron chi connectivity index (χ3n) is 13.9. The molecule has 430 valence electrons. The van der Waals surface area contributed by atoms with Crippen LogP contribution in [0.1, 0.15) is 95.4 Å². The first-order valence-electron chi connectivity index (χ1n) is 26.2. The number of rotatable bonds is 24. The van der Waals surface area contributed by atoms with Crippen LogP contribution in [0.5, 0.6) is 28.7 Å². The minimum atomic E-state index is -1.99. The summed E-state index contributed by atoms with van der Waals surface area (Å²) in [5, 5.41) is 56.9. The quantitative estimate of drug-likeness (QED) is 0.0266. The number of benzene rings is 3. The maximum absolute atomic E-state index is 14.4. The Hall–Kier alpha value is -7.61. The summed E-state index contributed by atoms with van der Waals surface area (Å²) >= 11 is 0. The normalized spacial score (nSPS) is 23.0.